The van der Waals surface area contributed by atoms with Gasteiger partial charge in [0.25, 0.3) is 5.91 Å². The Morgan fingerprint density at radius 2 is 1.54 bits per heavy atom. The van der Waals surface area contributed by atoms with E-state index in [2.05, 4.69) is 10.0 Å². The van der Waals surface area contributed by atoms with E-state index in [1.165, 1.54) is 37.4 Å². The molecule has 1 aliphatic carbocycles. The highest BCUT2D eigenvalue weighted by molar-refractivity contribution is 7.92. The molecule has 1 aliphatic heterocycles. The van der Waals surface area contributed by atoms with Crippen molar-refractivity contribution in [3.8, 4) is 22.8 Å². The summed E-state index contributed by atoms with van der Waals surface area (Å²) in [4.78, 5) is 13.2. The number of halogens is 2. The molecule has 0 spiro atoms. The summed E-state index contributed by atoms with van der Waals surface area (Å²) in [6.07, 6.45) is 1.83. The van der Waals surface area contributed by atoms with Gasteiger partial charge < -0.3 is 23.8 Å². The topological polar surface area (TPSA) is 116 Å². The maximum atomic E-state index is 15.2. The lowest BCUT2D eigenvalue weighted by Crippen LogP contribution is -2.41. The van der Waals surface area contributed by atoms with Gasteiger partial charge in [-0.2, -0.15) is 0 Å². The highest BCUT2D eigenvalue weighted by Gasteiger charge is 2.52. The minimum Gasteiger partial charge on any atom is -0.457 e. The number of sulfonamides is 1. The van der Waals surface area contributed by atoms with Crippen LogP contribution in [0.4, 0.5) is 14.5 Å². The number of carbonyl (C=O) groups is 1. The standard InChI is InChI=1S/C39H39BF2N2O7S/c1-38(2)39(3,4)51-40(50-38)31-17-6-23(20-32(31)42)18-19-52(46,47)44-33-22-34-30(21-29(33)24-7-8-24)35(37(45)43-5)36(49-34)25-9-13-27(14-10-25)48-28-15-11-26(41)12-16-28/h6,9-17,20-22,24,44H,7-8,18-19H2,1-5H3,(H,43,45). The van der Waals surface area contributed by atoms with E-state index in [0.29, 0.717) is 50.6 Å². The molecule has 13 heteroatoms. The van der Waals surface area contributed by atoms with E-state index >= 15 is 4.39 Å². The lowest BCUT2D eigenvalue weighted by atomic mass is 9.78. The first-order valence-electron chi connectivity index (χ1n) is 17.1. The summed E-state index contributed by atoms with van der Waals surface area (Å²) in [6, 6.07) is 20.6. The number of nitrogens with one attached hydrogen (secondary N) is 2. The Morgan fingerprint density at radius 1 is 0.904 bits per heavy atom. The van der Waals surface area contributed by atoms with Crippen LogP contribution in [0.5, 0.6) is 11.5 Å². The summed E-state index contributed by atoms with van der Waals surface area (Å²) in [5.74, 6) is -0.130. The summed E-state index contributed by atoms with van der Waals surface area (Å²) < 4.78 is 82.3. The molecular formula is C39H39BF2N2O7S. The smallest absolute Gasteiger partial charge is 0.457 e. The SMILES string of the molecule is CNC(=O)c1c(-c2ccc(Oc3ccc(F)cc3)cc2)oc2cc(NS(=O)(=O)CCc3ccc(B4OC(C)(C)C(C)(C)O4)c(F)c3)c(C3CC3)cc12. The number of rotatable bonds is 11. The Morgan fingerprint density at radius 3 is 2.13 bits per heavy atom. The monoisotopic (exact) mass is 728 g/mol. The van der Waals surface area contributed by atoms with Gasteiger partial charge in [0.2, 0.25) is 10.0 Å². The van der Waals surface area contributed by atoms with Crippen LogP contribution in [-0.4, -0.2) is 45.4 Å². The second-order valence-electron chi connectivity index (χ2n) is 14.3. The Balaban J connectivity index is 1.12. The van der Waals surface area contributed by atoms with Gasteiger partial charge in [-0.15, -0.1) is 0 Å². The third-order valence-electron chi connectivity index (χ3n) is 9.99. The first-order valence-corrected chi connectivity index (χ1v) is 18.8. The van der Waals surface area contributed by atoms with Crippen molar-refractivity contribution in [1.82, 2.24) is 5.32 Å². The molecule has 1 aromatic heterocycles. The van der Waals surface area contributed by atoms with Gasteiger partial charge in [-0.3, -0.25) is 9.52 Å². The number of fused-ring (bicyclic) bond motifs is 1. The summed E-state index contributed by atoms with van der Waals surface area (Å²) in [5.41, 5.74) is 1.94. The van der Waals surface area contributed by atoms with Gasteiger partial charge in [0.05, 0.1) is 28.2 Å². The summed E-state index contributed by atoms with van der Waals surface area (Å²) in [7, 11) is -3.22. The van der Waals surface area contributed by atoms with Crippen LogP contribution in [0.15, 0.2) is 83.3 Å². The molecule has 270 valence electrons. The van der Waals surface area contributed by atoms with E-state index in [1.807, 2.05) is 33.8 Å². The van der Waals surface area contributed by atoms with E-state index < -0.39 is 34.2 Å². The van der Waals surface area contributed by atoms with Gasteiger partial charge in [0, 0.05) is 29.5 Å². The Kier molecular flexibility index (Phi) is 9.17. The van der Waals surface area contributed by atoms with Crippen molar-refractivity contribution >= 4 is 45.2 Å². The van der Waals surface area contributed by atoms with Gasteiger partial charge in [-0.05, 0) is 125 Å². The second kappa shape index (κ2) is 13.4. The molecule has 2 aliphatic rings. The minimum absolute atomic E-state index is 0.0729. The lowest BCUT2D eigenvalue weighted by Gasteiger charge is -2.32. The van der Waals surface area contributed by atoms with Gasteiger partial charge in [0.1, 0.15) is 34.5 Å². The number of aryl methyl sites for hydroxylation is 1. The zero-order chi connectivity index (χ0) is 37.0. The molecular weight excluding hydrogens is 689 g/mol. The quantitative estimate of drug-likeness (QED) is 0.134. The molecule has 1 saturated heterocycles. The van der Waals surface area contributed by atoms with E-state index in [9.17, 15) is 17.6 Å². The number of carbonyl (C=O) groups excluding carboxylic acids is 1. The fraction of sp³-hybridized carbons (Fsp3) is 0.308. The summed E-state index contributed by atoms with van der Waals surface area (Å²) >= 11 is 0. The summed E-state index contributed by atoms with van der Waals surface area (Å²) in [6.45, 7) is 7.57. The van der Waals surface area contributed by atoms with E-state index in [0.717, 1.165) is 18.4 Å². The molecule has 5 aromatic rings. The van der Waals surface area contributed by atoms with Crippen molar-refractivity contribution < 1.29 is 40.5 Å². The van der Waals surface area contributed by atoms with E-state index in [4.69, 9.17) is 18.5 Å². The molecule has 4 aromatic carbocycles. The molecule has 2 fully saturated rings. The van der Waals surface area contributed by atoms with Crippen LogP contribution in [-0.2, 0) is 25.8 Å². The number of hydrogen-bond acceptors (Lipinski definition) is 7. The average molecular weight is 729 g/mol. The molecule has 2 heterocycles. The van der Waals surface area contributed by atoms with Crippen LogP contribution in [0.1, 0.15) is 67.9 Å². The van der Waals surface area contributed by atoms with Crippen LogP contribution in [0.25, 0.3) is 22.3 Å². The predicted octanol–water partition coefficient (Wildman–Crippen LogP) is 7.69. The predicted molar refractivity (Wildman–Crippen MR) is 197 cm³/mol. The largest absolute Gasteiger partial charge is 0.497 e. The fourth-order valence-electron chi connectivity index (χ4n) is 6.21. The summed E-state index contributed by atoms with van der Waals surface area (Å²) in [5, 5.41) is 3.25. The lowest BCUT2D eigenvalue weighted by molar-refractivity contribution is 0.00578. The Bertz CT molecular complexity index is 2250. The zero-order valence-corrected chi connectivity index (χ0v) is 30.3. The van der Waals surface area contributed by atoms with Crippen LogP contribution in [0, 0.1) is 11.6 Å². The molecule has 2 N–H and O–H groups in total. The van der Waals surface area contributed by atoms with Crippen molar-refractivity contribution in [2.24, 2.45) is 0 Å². The maximum Gasteiger partial charge on any atom is 0.497 e. The minimum atomic E-state index is -3.89. The molecule has 1 amide bonds. The molecule has 0 bridgehead atoms. The molecule has 1 saturated carbocycles. The molecule has 0 radical (unpaired) electrons. The number of hydrogen-bond donors (Lipinski definition) is 2. The van der Waals surface area contributed by atoms with Crippen LogP contribution in [0.2, 0.25) is 0 Å². The molecule has 0 atom stereocenters. The molecule has 52 heavy (non-hydrogen) atoms. The molecule has 9 nitrogen and oxygen atoms in total. The second-order valence-corrected chi connectivity index (χ2v) is 16.1. The number of anilines is 1. The van der Waals surface area contributed by atoms with Crippen molar-refractivity contribution in [2.45, 2.75) is 64.1 Å². The van der Waals surface area contributed by atoms with Gasteiger partial charge >= 0.3 is 7.12 Å². The average Bonchev–Trinajstić information content (AvgIpc) is 3.83. The third kappa shape index (κ3) is 7.17. The third-order valence-corrected chi connectivity index (χ3v) is 11.3. The van der Waals surface area contributed by atoms with Crippen LogP contribution >= 0.6 is 0 Å². The molecule has 0 unspecified atom stereocenters. The van der Waals surface area contributed by atoms with Crippen molar-refractivity contribution in [1.29, 1.82) is 0 Å². The van der Waals surface area contributed by atoms with Crippen LogP contribution in [0.3, 0.4) is 0 Å². The fourth-order valence-corrected chi connectivity index (χ4v) is 7.32. The van der Waals surface area contributed by atoms with Gasteiger partial charge in [0.15, 0.2) is 0 Å². The zero-order valence-electron chi connectivity index (χ0n) is 29.5. The first-order chi connectivity index (χ1) is 24.6. The van der Waals surface area contributed by atoms with Crippen molar-refractivity contribution in [3.05, 3.63) is 107 Å². The number of ether oxygens (including phenoxy) is 1. The van der Waals surface area contributed by atoms with Gasteiger partial charge in [-0.25, -0.2) is 17.2 Å². The molecule has 7 rings (SSSR count). The van der Waals surface area contributed by atoms with Crippen molar-refractivity contribution in [2.75, 3.05) is 17.5 Å². The van der Waals surface area contributed by atoms with E-state index in [-0.39, 0.29) is 35.3 Å². The number of amides is 1. The number of benzene rings is 4. The normalized spacial score (nSPS) is 16.6. The van der Waals surface area contributed by atoms with E-state index in [1.54, 1.807) is 42.5 Å². The maximum absolute atomic E-state index is 15.2. The Hall–Kier alpha value is -4.72. The number of furan rings is 1. The Labute approximate surface area is 301 Å². The first kappa shape index (κ1) is 35.7. The highest BCUT2D eigenvalue weighted by atomic mass is 32.2. The van der Waals surface area contributed by atoms with Crippen LogP contribution < -0.4 is 20.2 Å². The van der Waals surface area contributed by atoms with Crippen molar-refractivity contribution in [3.63, 3.8) is 0 Å². The highest BCUT2D eigenvalue weighted by Crippen LogP contribution is 2.47. The van der Waals surface area contributed by atoms with Gasteiger partial charge in [-0.1, -0.05) is 12.1 Å².